The number of H-pyrrole nitrogens is 2. The minimum atomic E-state index is -0.478. The Balaban J connectivity index is 1.61. The molecule has 4 fully saturated rings. The van der Waals surface area contributed by atoms with E-state index in [-0.39, 0.29) is 11.7 Å². The highest BCUT2D eigenvalue weighted by Gasteiger charge is 2.55. The molecule has 3 aromatic rings. The molecule has 3 aromatic heterocycles. The van der Waals surface area contributed by atoms with Crippen LogP contribution in [0.4, 0.5) is 0 Å². The quantitative estimate of drug-likeness (QED) is 0.642. The molecule has 0 amide bonds. The monoisotopic (exact) mass is 324 g/mol. The second kappa shape index (κ2) is 4.11. The smallest absolute Gasteiger partial charge is 0.326 e. The number of nitrogens with zero attached hydrogens (tertiary/aromatic N) is 2. The summed E-state index contributed by atoms with van der Waals surface area (Å²) in [4.78, 5) is 23.3. The molecule has 7 rings (SSSR count). The van der Waals surface area contributed by atoms with Gasteiger partial charge in [0.15, 0.2) is 0 Å². The third-order valence-corrected chi connectivity index (χ3v) is 6.75. The zero-order valence-electron chi connectivity index (χ0n) is 13.3. The van der Waals surface area contributed by atoms with E-state index in [0.717, 1.165) is 54.2 Å². The zero-order chi connectivity index (χ0) is 16.1. The van der Waals surface area contributed by atoms with Crippen LogP contribution in [0.2, 0.25) is 0 Å². The molecule has 5 atom stereocenters. The molecule has 3 heterocycles. The van der Waals surface area contributed by atoms with Crippen LogP contribution in [0.5, 0.6) is 0 Å². The topological polar surface area (TPSA) is 86.7 Å². The first-order valence-corrected chi connectivity index (χ1v) is 8.90. The van der Waals surface area contributed by atoms with Gasteiger partial charge in [0.05, 0.1) is 22.8 Å². The Morgan fingerprint density at radius 3 is 2.79 bits per heavy atom. The lowest BCUT2D eigenvalue weighted by Gasteiger charge is -2.58. The lowest BCUT2D eigenvalue weighted by Crippen LogP contribution is -2.55. The van der Waals surface area contributed by atoms with E-state index < -0.39 is 5.60 Å². The van der Waals surface area contributed by atoms with Crippen LogP contribution in [-0.4, -0.2) is 30.2 Å². The van der Waals surface area contributed by atoms with Crippen molar-refractivity contribution < 1.29 is 5.11 Å². The molecule has 4 bridgehead atoms. The van der Waals surface area contributed by atoms with Crippen LogP contribution >= 0.6 is 0 Å². The van der Waals surface area contributed by atoms with Crippen LogP contribution in [0.25, 0.3) is 22.1 Å². The fraction of sp³-hybridized carbons (Fsp3) is 0.556. The van der Waals surface area contributed by atoms with Crippen LogP contribution in [0.1, 0.15) is 38.1 Å². The maximum atomic E-state index is 12.8. The molecule has 4 saturated carbocycles. The molecule has 0 aromatic carbocycles. The Kier molecular flexibility index (Phi) is 2.27. The summed E-state index contributed by atoms with van der Waals surface area (Å²) >= 11 is 0. The van der Waals surface area contributed by atoms with Gasteiger partial charge in [-0.15, -0.1) is 0 Å². The van der Waals surface area contributed by atoms with E-state index in [1.54, 1.807) is 6.20 Å². The molecule has 0 radical (unpaired) electrons. The van der Waals surface area contributed by atoms with Crippen LogP contribution in [-0.2, 0) is 0 Å². The van der Waals surface area contributed by atoms with Gasteiger partial charge >= 0.3 is 5.69 Å². The number of aliphatic hydroxyl groups is 1. The molecule has 24 heavy (non-hydrogen) atoms. The van der Waals surface area contributed by atoms with Crippen molar-refractivity contribution in [3.63, 3.8) is 0 Å². The van der Waals surface area contributed by atoms with Gasteiger partial charge in [0.1, 0.15) is 5.65 Å². The minimum absolute atomic E-state index is 0.0371. The van der Waals surface area contributed by atoms with Crippen LogP contribution in [0, 0.1) is 17.8 Å². The van der Waals surface area contributed by atoms with Gasteiger partial charge in [-0.3, -0.25) is 4.57 Å². The summed E-state index contributed by atoms with van der Waals surface area (Å²) in [6.07, 6.45) is 8.54. The number of aromatic nitrogens is 4. The summed E-state index contributed by atoms with van der Waals surface area (Å²) in [5.74, 6) is 1.44. The highest BCUT2D eigenvalue weighted by Crippen LogP contribution is 2.60. The van der Waals surface area contributed by atoms with Crippen molar-refractivity contribution in [2.75, 3.05) is 0 Å². The second-order valence-electron chi connectivity index (χ2n) is 8.25. The zero-order valence-corrected chi connectivity index (χ0v) is 13.3. The Hall–Kier alpha value is -2.08. The van der Waals surface area contributed by atoms with E-state index in [0.29, 0.717) is 17.8 Å². The number of fused-ring (bicyclic) bond motifs is 3. The average Bonchev–Trinajstić information content (AvgIpc) is 3.09. The molecule has 6 heteroatoms. The summed E-state index contributed by atoms with van der Waals surface area (Å²) in [6, 6.07) is 2.20. The number of pyridine rings is 1. The number of imidazole rings is 1. The van der Waals surface area contributed by atoms with Gasteiger partial charge in [-0.25, -0.2) is 9.78 Å². The molecule has 3 N–H and O–H groups in total. The lowest BCUT2D eigenvalue weighted by molar-refractivity contribution is -0.146. The Labute approximate surface area is 137 Å². The van der Waals surface area contributed by atoms with Crippen molar-refractivity contribution >= 4 is 22.1 Å². The van der Waals surface area contributed by atoms with Gasteiger partial charge in [-0.2, -0.15) is 0 Å². The number of aromatic amines is 2. The minimum Gasteiger partial charge on any atom is -0.390 e. The first-order valence-electron chi connectivity index (χ1n) is 8.90. The summed E-state index contributed by atoms with van der Waals surface area (Å²) in [7, 11) is 0. The normalized spacial score (nSPS) is 37.7. The number of rotatable bonds is 1. The van der Waals surface area contributed by atoms with Gasteiger partial charge in [0.25, 0.3) is 0 Å². The summed E-state index contributed by atoms with van der Waals surface area (Å²) in [5.41, 5.74) is 2.08. The largest absolute Gasteiger partial charge is 0.390 e. The predicted molar refractivity (Wildman–Crippen MR) is 89.8 cm³/mol. The van der Waals surface area contributed by atoms with E-state index in [4.69, 9.17) is 0 Å². The number of nitrogens with one attached hydrogen (secondary N) is 2. The van der Waals surface area contributed by atoms with Crippen LogP contribution in [0.15, 0.2) is 23.3 Å². The summed E-state index contributed by atoms with van der Waals surface area (Å²) in [6.45, 7) is 0. The van der Waals surface area contributed by atoms with Gasteiger partial charge < -0.3 is 15.1 Å². The molecule has 6 nitrogen and oxygen atoms in total. The van der Waals surface area contributed by atoms with Crippen molar-refractivity contribution in [3.05, 3.63) is 28.9 Å². The van der Waals surface area contributed by atoms with Crippen molar-refractivity contribution in [1.29, 1.82) is 0 Å². The second-order valence-corrected chi connectivity index (χ2v) is 8.25. The van der Waals surface area contributed by atoms with E-state index in [1.165, 1.54) is 0 Å². The van der Waals surface area contributed by atoms with Crippen LogP contribution < -0.4 is 5.69 Å². The van der Waals surface area contributed by atoms with E-state index in [2.05, 4.69) is 15.0 Å². The van der Waals surface area contributed by atoms with Gasteiger partial charge in [-0.1, -0.05) is 0 Å². The lowest BCUT2D eigenvalue weighted by atomic mass is 9.52. The SMILES string of the molecule is O=c1[nH]c2cnc3[nH]ccc3c2n1[C@@H]1[C@@H]2CC3C[C@H]1C[C@](O)(C3)C2. The third kappa shape index (κ3) is 1.55. The molecule has 0 saturated heterocycles. The average molecular weight is 324 g/mol. The predicted octanol–water partition coefficient (Wildman–Crippen LogP) is 2.32. The van der Waals surface area contributed by atoms with E-state index in [1.807, 2.05) is 16.8 Å². The van der Waals surface area contributed by atoms with Crippen molar-refractivity contribution in [1.82, 2.24) is 19.5 Å². The summed E-state index contributed by atoms with van der Waals surface area (Å²) < 4.78 is 1.99. The van der Waals surface area contributed by atoms with E-state index >= 15 is 0 Å². The molecule has 1 unspecified atom stereocenters. The van der Waals surface area contributed by atoms with Gasteiger partial charge in [0.2, 0.25) is 0 Å². The molecular formula is C18H20N4O2. The van der Waals surface area contributed by atoms with Crippen molar-refractivity contribution in [3.8, 4) is 0 Å². The first-order chi connectivity index (χ1) is 11.6. The number of hydrogen-bond acceptors (Lipinski definition) is 3. The Morgan fingerprint density at radius 2 is 2.04 bits per heavy atom. The molecule has 4 aliphatic carbocycles. The standard InChI is InChI=1S/C18H20N4O2/c23-17-21-13-8-20-16-12(1-2-19-16)15(13)22(17)14-10-3-9-4-11(14)7-18(24,5-9)6-10/h1-2,8-11,14,24H,3-7H2,(H,19,20)(H,21,23)/t9?,10-,11+,14-,18+. The maximum Gasteiger partial charge on any atom is 0.326 e. The molecule has 124 valence electrons. The van der Waals surface area contributed by atoms with Gasteiger partial charge in [0, 0.05) is 17.6 Å². The molecule has 0 spiro atoms. The molecular weight excluding hydrogens is 304 g/mol. The Morgan fingerprint density at radius 1 is 1.25 bits per heavy atom. The highest BCUT2D eigenvalue weighted by molar-refractivity contribution is 6.00. The Bertz CT molecular complexity index is 1010. The van der Waals surface area contributed by atoms with Crippen molar-refractivity contribution in [2.45, 2.75) is 43.7 Å². The fourth-order valence-electron chi connectivity index (χ4n) is 6.28. The van der Waals surface area contributed by atoms with E-state index in [9.17, 15) is 9.90 Å². The molecule has 0 aliphatic heterocycles. The first kappa shape index (κ1) is 13.2. The molecule has 4 aliphatic rings. The van der Waals surface area contributed by atoms with Crippen LogP contribution in [0.3, 0.4) is 0 Å². The summed E-state index contributed by atoms with van der Waals surface area (Å²) in [5, 5.41) is 11.8. The fourth-order valence-corrected chi connectivity index (χ4v) is 6.28. The van der Waals surface area contributed by atoms with Gasteiger partial charge in [-0.05, 0) is 55.9 Å². The maximum absolute atomic E-state index is 12.8. The third-order valence-electron chi connectivity index (χ3n) is 6.75. The van der Waals surface area contributed by atoms with Crippen molar-refractivity contribution in [2.24, 2.45) is 17.8 Å². The highest BCUT2D eigenvalue weighted by atomic mass is 16.3. The number of hydrogen-bond donors (Lipinski definition) is 3.